The molecular weight excluding hydrogens is 540 g/mol. The van der Waals surface area contributed by atoms with E-state index in [9.17, 15) is 19.5 Å². The van der Waals surface area contributed by atoms with Crippen LogP contribution < -0.4 is 10.6 Å². The van der Waals surface area contributed by atoms with E-state index in [1.54, 1.807) is 12.2 Å². The smallest absolute Gasteiger partial charge is 0.310 e. The van der Waals surface area contributed by atoms with Gasteiger partial charge in [0.2, 0.25) is 11.8 Å². The predicted octanol–water partition coefficient (Wildman–Crippen LogP) is 5.12. The Morgan fingerprint density at radius 2 is 1.30 bits per heavy atom. The van der Waals surface area contributed by atoms with Crippen LogP contribution in [-0.2, 0) is 32.0 Å². The summed E-state index contributed by atoms with van der Waals surface area (Å²) in [6.45, 7) is 7.38. The molecule has 3 rings (SSSR count). The van der Waals surface area contributed by atoms with Gasteiger partial charge in [0.05, 0.1) is 31.0 Å². The Hall–Kier alpha value is -4.49. The standard InChI is InChI=1S/C36H42N2O5/c1-3-14-30(24-34(40)38-32(26-39)23-28-18-10-6-11-19-28)35(41)37-25-33(29-20-12-7-13-21-29)43-36(42)31(15-4-2)22-27-16-8-5-9-17-27/h3-13,16-21,30-33,39H,1-2,14-15,22-26H2,(H,37,41)(H,38,40)/t30-,31+,32-,33+/m1/s1. The lowest BCUT2D eigenvalue weighted by molar-refractivity contribution is -0.154. The molecule has 0 aliphatic carbocycles. The number of aliphatic hydroxyl groups is 1. The van der Waals surface area contributed by atoms with Crippen molar-refractivity contribution in [3.05, 3.63) is 133 Å². The van der Waals surface area contributed by atoms with Crippen molar-refractivity contribution < 1.29 is 24.2 Å². The highest BCUT2D eigenvalue weighted by Crippen LogP contribution is 2.22. The molecule has 0 fully saturated rings. The van der Waals surface area contributed by atoms with Gasteiger partial charge < -0.3 is 20.5 Å². The van der Waals surface area contributed by atoms with Gasteiger partial charge in [0.1, 0.15) is 6.10 Å². The van der Waals surface area contributed by atoms with Gasteiger partial charge in [-0.2, -0.15) is 0 Å². The number of carbonyl (C=O) groups is 3. The first kappa shape index (κ1) is 33.0. The number of hydrogen-bond acceptors (Lipinski definition) is 5. The number of allylic oxidation sites excluding steroid dienone is 2. The second-order valence-electron chi connectivity index (χ2n) is 10.6. The van der Waals surface area contributed by atoms with Crippen molar-refractivity contribution in [2.45, 2.75) is 44.2 Å². The molecule has 0 unspecified atom stereocenters. The molecule has 0 aliphatic rings. The fraction of sp³-hybridized carbons (Fsp3) is 0.306. The first-order valence-corrected chi connectivity index (χ1v) is 14.7. The Kier molecular flexibility index (Phi) is 13.9. The third kappa shape index (κ3) is 11.4. The van der Waals surface area contributed by atoms with Gasteiger partial charge in [-0.05, 0) is 42.4 Å². The number of benzene rings is 3. The van der Waals surface area contributed by atoms with Gasteiger partial charge in [-0.1, -0.05) is 103 Å². The van der Waals surface area contributed by atoms with Crippen LogP contribution in [0, 0.1) is 11.8 Å². The van der Waals surface area contributed by atoms with Crippen LogP contribution in [0.5, 0.6) is 0 Å². The van der Waals surface area contributed by atoms with Crippen molar-refractivity contribution in [2.24, 2.45) is 11.8 Å². The van der Waals surface area contributed by atoms with Crippen LogP contribution in [0.25, 0.3) is 0 Å². The summed E-state index contributed by atoms with van der Waals surface area (Å²) in [5.41, 5.74) is 2.76. The quantitative estimate of drug-likeness (QED) is 0.143. The van der Waals surface area contributed by atoms with Gasteiger partial charge in [-0.3, -0.25) is 14.4 Å². The number of ether oxygens (including phenoxy) is 1. The van der Waals surface area contributed by atoms with Crippen molar-refractivity contribution in [3.8, 4) is 0 Å². The fourth-order valence-corrected chi connectivity index (χ4v) is 4.89. The highest BCUT2D eigenvalue weighted by molar-refractivity contribution is 5.86. The lowest BCUT2D eigenvalue weighted by atomic mass is 9.96. The minimum absolute atomic E-state index is 0.0449. The van der Waals surface area contributed by atoms with E-state index in [0.717, 1.165) is 16.7 Å². The lowest BCUT2D eigenvalue weighted by Crippen LogP contribution is -2.42. The molecule has 0 aromatic heterocycles. The Bertz CT molecular complexity index is 1300. The lowest BCUT2D eigenvalue weighted by Gasteiger charge is -2.24. The molecule has 0 spiro atoms. The van der Waals surface area contributed by atoms with E-state index >= 15 is 0 Å². The summed E-state index contributed by atoms with van der Waals surface area (Å²) in [4.78, 5) is 39.5. The van der Waals surface area contributed by atoms with Gasteiger partial charge in [0, 0.05) is 6.42 Å². The normalized spacial score (nSPS) is 13.5. The molecule has 0 heterocycles. The Morgan fingerprint density at radius 3 is 1.86 bits per heavy atom. The van der Waals surface area contributed by atoms with Crippen molar-refractivity contribution >= 4 is 17.8 Å². The number of esters is 1. The van der Waals surface area contributed by atoms with E-state index in [1.165, 1.54) is 0 Å². The maximum atomic E-state index is 13.3. The van der Waals surface area contributed by atoms with Crippen molar-refractivity contribution in [1.82, 2.24) is 10.6 Å². The molecule has 7 heteroatoms. The minimum atomic E-state index is -0.719. The summed E-state index contributed by atoms with van der Waals surface area (Å²) in [5, 5.41) is 15.5. The zero-order valence-corrected chi connectivity index (χ0v) is 24.6. The Morgan fingerprint density at radius 1 is 0.767 bits per heavy atom. The number of rotatable bonds is 18. The largest absolute Gasteiger partial charge is 0.455 e. The summed E-state index contributed by atoms with van der Waals surface area (Å²) < 4.78 is 5.99. The topological polar surface area (TPSA) is 105 Å². The van der Waals surface area contributed by atoms with Gasteiger partial charge in [0.15, 0.2) is 0 Å². The third-order valence-corrected chi connectivity index (χ3v) is 7.17. The Labute approximate surface area is 254 Å². The molecule has 0 bridgehead atoms. The van der Waals surface area contributed by atoms with Crippen LogP contribution in [0.1, 0.15) is 42.1 Å². The molecule has 0 aliphatic heterocycles. The van der Waals surface area contributed by atoms with Crippen molar-refractivity contribution in [2.75, 3.05) is 13.2 Å². The van der Waals surface area contributed by atoms with Gasteiger partial charge in [0.25, 0.3) is 0 Å². The molecule has 43 heavy (non-hydrogen) atoms. The van der Waals surface area contributed by atoms with Crippen LogP contribution in [0.3, 0.4) is 0 Å². The van der Waals surface area contributed by atoms with Crippen LogP contribution in [0.15, 0.2) is 116 Å². The summed E-state index contributed by atoms with van der Waals surface area (Å²) in [6, 6.07) is 28.1. The number of aliphatic hydroxyl groups excluding tert-OH is 1. The van der Waals surface area contributed by atoms with Gasteiger partial charge in [-0.25, -0.2) is 0 Å². The van der Waals surface area contributed by atoms with Crippen LogP contribution in [-0.4, -0.2) is 42.1 Å². The van der Waals surface area contributed by atoms with Crippen molar-refractivity contribution in [1.29, 1.82) is 0 Å². The molecule has 7 nitrogen and oxygen atoms in total. The van der Waals surface area contributed by atoms with E-state index in [2.05, 4.69) is 23.8 Å². The molecule has 4 atom stereocenters. The summed E-state index contributed by atoms with van der Waals surface area (Å²) in [5.74, 6) is -2.15. The predicted molar refractivity (Wildman–Crippen MR) is 169 cm³/mol. The van der Waals surface area contributed by atoms with E-state index in [4.69, 9.17) is 4.74 Å². The maximum Gasteiger partial charge on any atom is 0.310 e. The van der Waals surface area contributed by atoms with Crippen molar-refractivity contribution in [3.63, 3.8) is 0 Å². The molecule has 226 valence electrons. The molecule has 2 amide bonds. The molecule has 0 saturated carbocycles. The number of amides is 2. The third-order valence-electron chi connectivity index (χ3n) is 7.17. The summed E-state index contributed by atoms with van der Waals surface area (Å²) >= 11 is 0. The van der Waals surface area contributed by atoms with Gasteiger partial charge >= 0.3 is 5.97 Å². The first-order valence-electron chi connectivity index (χ1n) is 14.7. The highest BCUT2D eigenvalue weighted by atomic mass is 16.5. The number of carbonyl (C=O) groups excluding carboxylic acids is 3. The monoisotopic (exact) mass is 582 g/mol. The Balaban J connectivity index is 1.64. The molecular formula is C36H42N2O5. The van der Waals surface area contributed by atoms with E-state index in [-0.39, 0.29) is 43.8 Å². The van der Waals surface area contributed by atoms with Crippen LogP contribution in [0.2, 0.25) is 0 Å². The molecule has 0 saturated heterocycles. The minimum Gasteiger partial charge on any atom is -0.455 e. The second-order valence-corrected chi connectivity index (χ2v) is 10.6. The first-order chi connectivity index (χ1) is 20.9. The summed E-state index contributed by atoms with van der Waals surface area (Å²) in [7, 11) is 0. The molecule has 3 aromatic rings. The molecule has 0 radical (unpaired) electrons. The van der Waals surface area contributed by atoms with E-state index < -0.39 is 24.0 Å². The average molecular weight is 583 g/mol. The fourth-order valence-electron chi connectivity index (χ4n) is 4.89. The second kappa shape index (κ2) is 18.1. The van der Waals surface area contributed by atoms with E-state index in [0.29, 0.717) is 19.3 Å². The van der Waals surface area contributed by atoms with Crippen LogP contribution in [0.4, 0.5) is 0 Å². The molecule has 3 N–H and O–H groups in total. The zero-order valence-electron chi connectivity index (χ0n) is 24.6. The van der Waals surface area contributed by atoms with E-state index in [1.807, 2.05) is 91.0 Å². The SMILES string of the molecule is C=CC[C@H](CC(=O)N[C@@H](CO)Cc1ccccc1)C(=O)NC[C@H](OC(=O)[C@@H](CC=C)Cc1ccccc1)c1ccccc1. The zero-order chi connectivity index (χ0) is 30.9. The average Bonchev–Trinajstić information content (AvgIpc) is 3.03. The number of hydrogen-bond donors (Lipinski definition) is 3. The highest BCUT2D eigenvalue weighted by Gasteiger charge is 2.27. The molecule has 3 aromatic carbocycles. The van der Waals surface area contributed by atoms with Crippen LogP contribution >= 0.6 is 0 Å². The number of nitrogens with one attached hydrogen (secondary N) is 2. The summed E-state index contributed by atoms with van der Waals surface area (Å²) in [6.07, 6.45) is 4.25. The van der Waals surface area contributed by atoms with Gasteiger partial charge in [-0.15, -0.1) is 13.2 Å². The maximum absolute atomic E-state index is 13.3.